The second kappa shape index (κ2) is 6.07. The van der Waals surface area contributed by atoms with Gasteiger partial charge < -0.3 is 9.73 Å². The molecule has 2 aromatic rings. The number of thiophene rings is 1. The topological polar surface area (TPSA) is 42.2 Å². The summed E-state index contributed by atoms with van der Waals surface area (Å²) >= 11 is 7.35. The van der Waals surface area contributed by atoms with Gasteiger partial charge in [-0.25, -0.2) is 0 Å². The molecule has 0 saturated carbocycles. The lowest BCUT2D eigenvalue weighted by atomic mass is 10.2. The van der Waals surface area contributed by atoms with Gasteiger partial charge >= 0.3 is 0 Å². The van der Waals surface area contributed by atoms with Crippen LogP contribution in [-0.2, 0) is 11.2 Å². The molecule has 0 aliphatic rings. The van der Waals surface area contributed by atoms with Crippen molar-refractivity contribution < 1.29 is 9.21 Å². The molecule has 0 fully saturated rings. The van der Waals surface area contributed by atoms with Gasteiger partial charge in [-0.2, -0.15) is 0 Å². The number of hydrogen-bond donors (Lipinski definition) is 1. The fourth-order valence-electron chi connectivity index (χ4n) is 1.64. The maximum atomic E-state index is 11.7. The van der Waals surface area contributed by atoms with Gasteiger partial charge in [0.25, 0.3) is 0 Å². The largest absolute Gasteiger partial charge is 0.469 e. The molecule has 0 spiro atoms. The number of nitrogens with one attached hydrogen (secondary N) is 1. The molecule has 1 amide bonds. The van der Waals surface area contributed by atoms with Crippen molar-refractivity contribution in [2.75, 3.05) is 0 Å². The standard InChI is InChI=1S/C13H14ClNO2S/c1-9(11-5-6-12(14)18-11)15-13(16)7-4-10-3-2-8-17-10/h2-3,5-6,8-9H,4,7H2,1H3,(H,15,16)/t9-/m0/s1. The maximum Gasteiger partial charge on any atom is 0.220 e. The first-order valence-corrected chi connectivity index (χ1v) is 6.91. The molecule has 0 bridgehead atoms. The molecule has 0 radical (unpaired) electrons. The lowest BCUT2D eigenvalue weighted by Gasteiger charge is -2.11. The molecule has 0 unspecified atom stereocenters. The van der Waals surface area contributed by atoms with Gasteiger partial charge in [0, 0.05) is 17.7 Å². The van der Waals surface area contributed by atoms with Crippen LogP contribution in [0.25, 0.3) is 0 Å². The first-order valence-electron chi connectivity index (χ1n) is 5.72. The van der Waals surface area contributed by atoms with E-state index in [-0.39, 0.29) is 11.9 Å². The SMILES string of the molecule is C[C@H](NC(=O)CCc1ccco1)c1ccc(Cl)s1. The van der Waals surface area contributed by atoms with E-state index in [9.17, 15) is 4.79 Å². The Bertz CT molecular complexity index is 507. The highest BCUT2D eigenvalue weighted by molar-refractivity contribution is 7.16. The van der Waals surface area contributed by atoms with Crippen LogP contribution in [-0.4, -0.2) is 5.91 Å². The average Bonchev–Trinajstić information content (AvgIpc) is 2.97. The molecule has 2 aromatic heterocycles. The fraction of sp³-hybridized carbons (Fsp3) is 0.308. The van der Waals surface area contributed by atoms with Crippen LogP contribution in [0.15, 0.2) is 34.9 Å². The van der Waals surface area contributed by atoms with Crippen molar-refractivity contribution in [1.82, 2.24) is 5.32 Å². The summed E-state index contributed by atoms with van der Waals surface area (Å²) in [7, 11) is 0. The van der Waals surface area contributed by atoms with Crippen LogP contribution in [0.4, 0.5) is 0 Å². The quantitative estimate of drug-likeness (QED) is 0.907. The number of aryl methyl sites for hydroxylation is 1. The van der Waals surface area contributed by atoms with E-state index in [0.717, 1.165) is 15.0 Å². The molecule has 96 valence electrons. The fourth-order valence-corrected chi connectivity index (χ4v) is 2.70. The summed E-state index contributed by atoms with van der Waals surface area (Å²) in [5.74, 6) is 0.848. The predicted octanol–water partition coefficient (Wildman–Crippen LogP) is 3.80. The van der Waals surface area contributed by atoms with Crippen molar-refractivity contribution in [2.24, 2.45) is 0 Å². The molecule has 2 heterocycles. The Morgan fingerprint density at radius 3 is 2.94 bits per heavy atom. The summed E-state index contributed by atoms with van der Waals surface area (Å²) in [6.45, 7) is 1.95. The van der Waals surface area contributed by atoms with Gasteiger partial charge in [0.15, 0.2) is 0 Å². The monoisotopic (exact) mass is 283 g/mol. The molecule has 2 rings (SSSR count). The van der Waals surface area contributed by atoms with Gasteiger partial charge in [0.2, 0.25) is 5.91 Å². The Labute approximate surface area is 115 Å². The van der Waals surface area contributed by atoms with Crippen LogP contribution in [0.3, 0.4) is 0 Å². The van der Waals surface area contributed by atoms with Crippen molar-refractivity contribution in [3.8, 4) is 0 Å². The lowest BCUT2D eigenvalue weighted by Crippen LogP contribution is -2.26. The van der Waals surface area contributed by atoms with Gasteiger partial charge in [0.1, 0.15) is 5.76 Å². The number of halogens is 1. The number of carbonyl (C=O) groups is 1. The number of hydrogen-bond acceptors (Lipinski definition) is 3. The summed E-state index contributed by atoms with van der Waals surface area (Å²) in [5, 5.41) is 2.94. The molecule has 3 nitrogen and oxygen atoms in total. The van der Waals surface area contributed by atoms with E-state index in [1.807, 2.05) is 31.2 Å². The molecule has 0 saturated heterocycles. The molecule has 1 atom stereocenters. The molecule has 0 aliphatic carbocycles. The third-order valence-electron chi connectivity index (χ3n) is 2.58. The van der Waals surface area contributed by atoms with Gasteiger partial charge in [-0.05, 0) is 31.2 Å². The van der Waals surface area contributed by atoms with Crippen molar-refractivity contribution >= 4 is 28.8 Å². The highest BCUT2D eigenvalue weighted by Gasteiger charge is 2.11. The molecule has 18 heavy (non-hydrogen) atoms. The first-order chi connectivity index (χ1) is 8.65. The molecule has 5 heteroatoms. The maximum absolute atomic E-state index is 11.7. The van der Waals surface area contributed by atoms with Gasteiger partial charge in [0.05, 0.1) is 16.6 Å². The molecule has 0 aromatic carbocycles. The minimum atomic E-state index is -0.00778. The minimum absolute atomic E-state index is 0.00778. The normalized spacial score (nSPS) is 12.3. The van der Waals surface area contributed by atoms with E-state index >= 15 is 0 Å². The average molecular weight is 284 g/mol. The summed E-state index contributed by atoms with van der Waals surface area (Å²) in [6.07, 6.45) is 2.66. The van der Waals surface area contributed by atoms with E-state index in [0.29, 0.717) is 12.8 Å². The second-order valence-corrected chi connectivity index (χ2v) is 5.76. The summed E-state index contributed by atoms with van der Waals surface area (Å²) in [4.78, 5) is 12.8. The molecule has 0 aliphatic heterocycles. The van der Waals surface area contributed by atoms with Crippen molar-refractivity contribution in [2.45, 2.75) is 25.8 Å². The zero-order valence-electron chi connectivity index (χ0n) is 9.98. The number of amides is 1. The zero-order valence-corrected chi connectivity index (χ0v) is 11.6. The van der Waals surface area contributed by atoms with Gasteiger partial charge in [-0.1, -0.05) is 11.6 Å². The smallest absolute Gasteiger partial charge is 0.220 e. The number of furan rings is 1. The van der Waals surface area contributed by atoms with Crippen LogP contribution in [0.1, 0.15) is 30.0 Å². The third-order valence-corrected chi connectivity index (χ3v) is 3.99. The van der Waals surface area contributed by atoms with Crippen molar-refractivity contribution in [3.63, 3.8) is 0 Å². The van der Waals surface area contributed by atoms with Crippen molar-refractivity contribution in [3.05, 3.63) is 45.5 Å². The Balaban J connectivity index is 1.80. The number of rotatable bonds is 5. The van der Waals surface area contributed by atoms with E-state index in [1.165, 1.54) is 11.3 Å². The Hall–Kier alpha value is -1.26. The predicted molar refractivity (Wildman–Crippen MR) is 72.9 cm³/mol. The van der Waals surface area contributed by atoms with E-state index in [2.05, 4.69) is 5.32 Å². The van der Waals surface area contributed by atoms with Crippen LogP contribution in [0, 0.1) is 0 Å². The van der Waals surface area contributed by atoms with Gasteiger partial charge in [-0.15, -0.1) is 11.3 Å². The van der Waals surface area contributed by atoms with E-state index in [1.54, 1.807) is 6.26 Å². The Morgan fingerprint density at radius 1 is 1.50 bits per heavy atom. The highest BCUT2D eigenvalue weighted by atomic mass is 35.5. The Kier molecular flexibility index (Phi) is 4.44. The molecular formula is C13H14ClNO2S. The van der Waals surface area contributed by atoms with E-state index in [4.69, 9.17) is 16.0 Å². The van der Waals surface area contributed by atoms with E-state index < -0.39 is 0 Å². The second-order valence-electron chi connectivity index (χ2n) is 4.01. The molecule has 1 N–H and O–H groups in total. The van der Waals surface area contributed by atoms with Crippen LogP contribution in [0.2, 0.25) is 4.34 Å². The Morgan fingerprint density at radius 2 is 2.33 bits per heavy atom. The van der Waals surface area contributed by atoms with Gasteiger partial charge in [-0.3, -0.25) is 4.79 Å². The summed E-state index contributed by atoms with van der Waals surface area (Å²) in [5.41, 5.74) is 0. The zero-order chi connectivity index (χ0) is 13.0. The first kappa shape index (κ1) is 13.2. The number of carbonyl (C=O) groups excluding carboxylic acids is 1. The van der Waals surface area contributed by atoms with Crippen LogP contribution >= 0.6 is 22.9 Å². The molecular weight excluding hydrogens is 270 g/mol. The summed E-state index contributed by atoms with van der Waals surface area (Å²) in [6, 6.07) is 7.46. The highest BCUT2D eigenvalue weighted by Crippen LogP contribution is 2.26. The minimum Gasteiger partial charge on any atom is -0.469 e. The third kappa shape index (κ3) is 3.62. The van der Waals surface area contributed by atoms with Crippen LogP contribution in [0.5, 0.6) is 0 Å². The summed E-state index contributed by atoms with van der Waals surface area (Å²) < 4.78 is 5.92. The lowest BCUT2D eigenvalue weighted by molar-refractivity contribution is -0.121. The van der Waals surface area contributed by atoms with Crippen molar-refractivity contribution in [1.29, 1.82) is 0 Å². The van der Waals surface area contributed by atoms with Crippen LogP contribution < -0.4 is 5.32 Å².